The molecule has 13 heavy (non-hydrogen) atoms. The summed E-state index contributed by atoms with van der Waals surface area (Å²) >= 11 is 0. The molecule has 0 rings (SSSR count). The van der Waals surface area contributed by atoms with Crippen LogP contribution in [0.4, 0.5) is 0 Å². The Labute approximate surface area is 72.2 Å². The van der Waals surface area contributed by atoms with Crippen LogP contribution in [-0.2, 0) is 14.4 Å². The molecule has 0 heterocycles. The number of hydrogen-bond donors (Lipinski definition) is 4. The van der Waals surface area contributed by atoms with Crippen LogP contribution in [0.1, 0.15) is 0 Å². The van der Waals surface area contributed by atoms with Crippen LogP contribution in [-0.4, -0.2) is 56.8 Å². The van der Waals surface area contributed by atoms with E-state index in [0.717, 1.165) is 0 Å². The number of aliphatic carboxylic acids is 1. The number of rotatable bonds is 5. The van der Waals surface area contributed by atoms with Crippen LogP contribution in [0.15, 0.2) is 0 Å². The van der Waals surface area contributed by atoms with Crippen molar-refractivity contribution in [2.24, 2.45) is 0 Å². The first-order valence-corrected chi connectivity index (χ1v) is 3.20. The minimum absolute atomic E-state index is 0.945. The SMILES string of the molecule is O=C(O)C(=O)C(=O)[C@H](O)[C@H](O)CO. The topological polar surface area (TPSA) is 132 Å². The monoisotopic (exact) mass is 192 g/mol. The third kappa shape index (κ3) is 2.90. The smallest absolute Gasteiger partial charge is 0.380 e. The number of carboxylic acid groups (broad SMARTS) is 1. The minimum atomic E-state index is -2.20. The Kier molecular flexibility index (Phi) is 4.18. The zero-order chi connectivity index (χ0) is 10.6. The molecule has 0 aromatic rings. The molecule has 0 bridgehead atoms. The fourth-order valence-electron chi connectivity index (χ4n) is 0.514. The third-order valence-electron chi connectivity index (χ3n) is 1.24. The lowest BCUT2D eigenvalue weighted by molar-refractivity contribution is -0.157. The number of carbonyl (C=O) groups excluding carboxylic acids is 2. The van der Waals surface area contributed by atoms with Gasteiger partial charge in [-0.2, -0.15) is 0 Å². The van der Waals surface area contributed by atoms with Gasteiger partial charge in [0.1, 0.15) is 12.2 Å². The Bertz CT molecular complexity index is 233. The van der Waals surface area contributed by atoms with Crippen LogP contribution in [0.5, 0.6) is 0 Å². The van der Waals surface area contributed by atoms with Gasteiger partial charge in [0.25, 0.3) is 0 Å². The van der Waals surface area contributed by atoms with E-state index in [1.54, 1.807) is 0 Å². The molecule has 0 aromatic carbocycles. The summed E-state index contributed by atoms with van der Waals surface area (Å²) in [6.45, 7) is -0.945. The summed E-state index contributed by atoms with van der Waals surface area (Å²) in [6, 6.07) is 0. The Hall–Kier alpha value is -1.31. The fraction of sp³-hybridized carbons (Fsp3) is 0.500. The van der Waals surface area contributed by atoms with Gasteiger partial charge in [0.15, 0.2) is 0 Å². The van der Waals surface area contributed by atoms with E-state index in [2.05, 4.69) is 0 Å². The lowest BCUT2D eigenvalue weighted by atomic mass is 10.1. The number of carbonyl (C=O) groups is 3. The van der Waals surface area contributed by atoms with Gasteiger partial charge in [-0.15, -0.1) is 0 Å². The fourth-order valence-corrected chi connectivity index (χ4v) is 0.514. The van der Waals surface area contributed by atoms with E-state index < -0.39 is 36.4 Å². The van der Waals surface area contributed by atoms with Gasteiger partial charge in [-0.3, -0.25) is 9.59 Å². The molecule has 0 aromatic heterocycles. The van der Waals surface area contributed by atoms with E-state index in [1.807, 2.05) is 0 Å². The maximum absolute atomic E-state index is 10.6. The second-order valence-electron chi connectivity index (χ2n) is 2.19. The predicted octanol–water partition coefficient (Wildman–Crippen LogP) is -3.08. The standard InChI is InChI=1S/C6H8O7/c7-1-2(8)3(9)4(10)5(11)6(12)13/h2-3,7-9H,1H2,(H,12,13)/t2-,3-/m1/s1. The van der Waals surface area contributed by atoms with Crippen LogP contribution < -0.4 is 0 Å². The Morgan fingerprint density at radius 3 is 1.92 bits per heavy atom. The first kappa shape index (κ1) is 11.7. The molecule has 0 fully saturated rings. The number of aliphatic hydroxyl groups excluding tert-OH is 3. The van der Waals surface area contributed by atoms with Gasteiger partial charge < -0.3 is 20.4 Å². The second-order valence-corrected chi connectivity index (χ2v) is 2.19. The van der Waals surface area contributed by atoms with Crippen LogP contribution in [0.2, 0.25) is 0 Å². The third-order valence-corrected chi connectivity index (χ3v) is 1.24. The van der Waals surface area contributed by atoms with Gasteiger partial charge in [-0.05, 0) is 0 Å². The van der Waals surface area contributed by atoms with Gasteiger partial charge in [-0.1, -0.05) is 0 Å². The summed E-state index contributed by atoms with van der Waals surface area (Å²) in [5, 5.41) is 33.7. The van der Waals surface area contributed by atoms with Crippen molar-refractivity contribution in [2.75, 3.05) is 6.61 Å². The molecule has 0 spiro atoms. The number of ketones is 2. The van der Waals surface area contributed by atoms with Crippen molar-refractivity contribution in [2.45, 2.75) is 12.2 Å². The van der Waals surface area contributed by atoms with Crippen molar-refractivity contribution in [1.82, 2.24) is 0 Å². The molecule has 74 valence electrons. The molecule has 2 atom stereocenters. The van der Waals surface area contributed by atoms with E-state index in [4.69, 9.17) is 20.4 Å². The molecule has 0 amide bonds. The van der Waals surface area contributed by atoms with Crippen LogP contribution in [0.25, 0.3) is 0 Å². The number of hydrogen-bond acceptors (Lipinski definition) is 6. The van der Waals surface area contributed by atoms with Gasteiger partial charge in [0.05, 0.1) is 6.61 Å². The van der Waals surface area contributed by atoms with Crippen molar-refractivity contribution < 1.29 is 34.8 Å². The van der Waals surface area contributed by atoms with Crippen LogP contribution in [0, 0.1) is 0 Å². The number of carboxylic acids is 1. The Balaban J connectivity index is 4.43. The highest BCUT2D eigenvalue weighted by molar-refractivity contribution is 6.62. The lowest BCUT2D eigenvalue weighted by Crippen LogP contribution is -2.42. The molecule has 7 heteroatoms. The molecular weight excluding hydrogens is 184 g/mol. The molecule has 0 aliphatic carbocycles. The molecular formula is C6H8O7. The van der Waals surface area contributed by atoms with Crippen molar-refractivity contribution in [3.8, 4) is 0 Å². The van der Waals surface area contributed by atoms with Crippen LogP contribution in [0.3, 0.4) is 0 Å². The summed E-state index contributed by atoms with van der Waals surface area (Å²) in [5.41, 5.74) is 0. The largest absolute Gasteiger partial charge is 0.475 e. The van der Waals surface area contributed by atoms with Gasteiger partial charge in [0.2, 0.25) is 5.78 Å². The van der Waals surface area contributed by atoms with E-state index in [1.165, 1.54) is 0 Å². The van der Waals surface area contributed by atoms with Gasteiger partial charge >= 0.3 is 11.8 Å². The summed E-state index contributed by atoms with van der Waals surface area (Å²) < 4.78 is 0. The van der Waals surface area contributed by atoms with E-state index in [9.17, 15) is 14.4 Å². The second kappa shape index (κ2) is 4.65. The highest BCUT2D eigenvalue weighted by Gasteiger charge is 2.32. The zero-order valence-electron chi connectivity index (χ0n) is 6.38. The van der Waals surface area contributed by atoms with E-state index in [0.29, 0.717) is 0 Å². The quantitative estimate of drug-likeness (QED) is 0.268. The summed E-state index contributed by atoms with van der Waals surface area (Å²) in [6.07, 6.45) is -4.05. The summed E-state index contributed by atoms with van der Waals surface area (Å²) in [7, 11) is 0. The van der Waals surface area contributed by atoms with Crippen molar-refractivity contribution in [3.63, 3.8) is 0 Å². The molecule has 0 saturated carbocycles. The average Bonchev–Trinajstić information content (AvgIpc) is 2.12. The maximum Gasteiger partial charge on any atom is 0.380 e. The first-order chi connectivity index (χ1) is 5.91. The zero-order valence-corrected chi connectivity index (χ0v) is 6.38. The van der Waals surface area contributed by atoms with Crippen molar-refractivity contribution >= 4 is 17.5 Å². The van der Waals surface area contributed by atoms with Crippen LogP contribution >= 0.6 is 0 Å². The average molecular weight is 192 g/mol. The molecule has 7 nitrogen and oxygen atoms in total. The maximum atomic E-state index is 10.6. The summed E-state index contributed by atoms with van der Waals surface area (Å²) in [5.74, 6) is -5.51. The Morgan fingerprint density at radius 1 is 1.15 bits per heavy atom. The Morgan fingerprint density at radius 2 is 1.62 bits per heavy atom. The predicted molar refractivity (Wildman–Crippen MR) is 36.7 cm³/mol. The number of aliphatic hydroxyl groups is 3. The highest BCUT2D eigenvalue weighted by atomic mass is 16.4. The first-order valence-electron chi connectivity index (χ1n) is 3.20. The molecule has 0 saturated heterocycles. The van der Waals surface area contributed by atoms with E-state index in [-0.39, 0.29) is 0 Å². The minimum Gasteiger partial charge on any atom is -0.475 e. The molecule has 0 aliphatic heterocycles. The number of Topliss-reactive ketones (excluding diaryl/α,β-unsaturated/α-hetero) is 2. The summed E-state index contributed by atoms with van der Waals surface area (Å²) in [4.78, 5) is 31.0. The van der Waals surface area contributed by atoms with Gasteiger partial charge in [-0.25, -0.2) is 4.79 Å². The molecule has 0 aliphatic rings. The molecule has 4 N–H and O–H groups in total. The van der Waals surface area contributed by atoms with Crippen molar-refractivity contribution in [1.29, 1.82) is 0 Å². The molecule has 0 radical (unpaired) electrons. The van der Waals surface area contributed by atoms with Gasteiger partial charge in [0, 0.05) is 0 Å². The lowest BCUT2D eigenvalue weighted by Gasteiger charge is -2.11. The normalized spacial score (nSPS) is 14.7. The van der Waals surface area contributed by atoms with E-state index >= 15 is 0 Å². The highest BCUT2D eigenvalue weighted by Crippen LogP contribution is 1.95. The molecule has 0 unspecified atom stereocenters. The van der Waals surface area contributed by atoms with Crippen molar-refractivity contribution in [3.05, 3.63) is 0 Å².